The maximum atomic E-state index is 8.07. The fourth-order valence-corrected chi connectivity index (χ4v) is 1.72. The van der Waals surface area contributed by atoms with E-state index in [1.54, 1.807) is 12.7 Å². The van der Waals surface area contributed by atoms with Crippen molar-refractivity contribution in [2.75, 3.05) is 0 Å². The van der Waals surface area contributed by atoms with Crippen molar-refractivity contribution in [3.05, 3.63) is 18.1 Å². The van der Waals surface area contributed by atoms with E-state index in [0.717, 1.165) is 5.65 Å². The minimum absolute atomic E-state index is 0.230. The van der Waals surface area contributed by atoms with Gasteiger partial charge in [0, 0.05) is 12.1 Å². The molecule has 0 aliphatic heterocycles. The first-order valence-electron chi connectivity index (χ1n) is 5.50. The minimum atomic E-state index is 0.230. The zero-order valence-corrected chi connectivity index (χ0v) is 10.1. The summed E-state index contributed by atoms with van der Waals surface area (Å²) in [6, 6.07) is 0.542. The monoisotopic (exact) mass is 219 g/mol. The van der Waals surface area contributed by atoms with Crippen molar-refractivity contribution in [1.29, 1.82) is 5.41 Å². The first kappa shape index (κ1) is 10.9. The summed E-state index contributed by atoms with van der Waals surface area (Å²) in [5.41, 5.74) is 1.89. The second kappa shape index (κ2) is 3.73. The molecular weight excluding hydrogens is 202 g/mol. The third-order valence-electron chi connectivity index (χ3n) is 2.67. The van der Waals surface area contributed by atoms with E-state index in [4.69, 9.17) is 5.41 Å². The number of hydrogen-bond donors (Lipinski definition) is 1. The van der Waals surface area contributed by atoms with E-state index in [1.165, 1.54) is 0 Å². The van der Waals surface area contributed by atoms with Crippen LogP contribution in [0.15, 0.2) is 12.7 Å². The summed E-state index contributed by atoms with van der Waals surface area (Å²) in [4.78, 5) is 8.66. The number of nitrogens with zero attached hydrogens (tertiary/aromatic N) is 4. The van der Waals surface area contributed by atoms with E-state index in [9.17, 15) is 0 Å². The van der Waals surface area contributed by atoms with Crippen LogP contribution in [0.4, 0.5) is 0 Å². The van der Waals surface area contributed by atoms with Gasteiger partial charge in [-0.25, -0.2) is 9.97 Å². The van der Waals surface area contributed by atoms with Gasteiger partial charge in [0.25, 0.3) is 0 Å². The van der Waals surface area contributed by atoms with Crippen LogP contribution in [0, 0.1) is 5.41 Å². The maximum absolute atomic E-state index is 8.07. The molecule has 2 rings (SSSR count). The fourth-order valence-electron chi connectivity index (χ4n) is 1.72. The second-order valence-electron chi connectivity index (χ2n) is 4.51. The molecule has 0 aliphatic rings. The predicted molar refractivity (Wildman–Crippen MR) is 62.1 cm³/mol. The molecule has 0 saturated heterocycles. The first-order valence-corrected chi connectivity index (χ1v) is 5.50. The largest absolute Gasteiger partial charge is 0.313 e. The smallest absolute Gasteiger partial charge is 0.165 e. The van der Waals surface area contributed by atoms with Crippen molar-refractivity contribution >= 4 is 11.2 Å². The van der Waals surface area contributed by atoms with Crippen LogP contribution in [-0.4, -0.2) is 19.1 Å². The van der Waals surface area contributed by atoms with Crippen LogP contribution in [0.25, 0.3) is 11.2 Å². The molecule has 0 radical (unpaired) electrons. The molecule has 0 spiro atoms. The molecule has 86 valence electrons. The Balaban J connectivity index is 2.74. The lowest BCUT2D eigenvalue weighted by Crippen LogP contribution is -2.23. The lowest BCUT2D eigenvalue weighted by Gasteiger charge is -2.11. The molecule has 0 amide bonds. The molecule has 0 saturated carbocycles. The molecule has 0 atom stereocenters. The van der Waals surface area contributed by atoms with Crippen LogP contribution in [0.1, 0.15) is 39.8 Å². The standard InChI is InChI=1S/C11H17N5/c1-7(2)15-6-14-11-9(10(15)12)13-5-16(11)8(3)4/h5-8,12H,1-4H3. The Morgan fingerprint density at radius 2 is 1.56 bits per heavy atom. The van der Waals surface area contributed by atoms with E-state index >= 15 is 0 Å². The Labute approximate surface area is 94.3 Å². The molecule has 16 heavy (non-hydrogen) atoms. The van der Waals surface area contributed by atoms with Gasteiger partial charge in [-0.1, -0.05) is 0 Å². The number of imidazole rings is 1. The molecule has 0 fully saturated rings. The number of nitrogens with one attached hydrogen (secondary N) is 1. The summed E-state index contributed by atoms with van der Waals surface area (Å²) in [6.07, 6.45) is 3.47. The zero-order valence-electron chi connectivity index (χ0n) is 10.1. The van der Waals surface area contributed by atoms with Gasteiger partial charge in [-0.3, -0.25) is 5.41 Å². The summed E-state index contributed by atoms with van der Waals surface area (Å²) in [6.45, 7) is 8.22. The van der Waals surface area contributed by atoms with Gasteiger partial charge in [-0.05, 0) is 27.7 Å². The zero-order chi connectivity index (χ0) is 11.9. The Morgan fingerprint density at radius 1 is 1.00 bits per heavy atom. The lowest BCUT2D eigenvalue weighted by molar-refractivity contribution is 0.557. The number of aromatic nitrogens is 4. The Morgan fingerprint density at radius 3 is 2.12 bits per heavy atom. The molecule has 0 aromatic carbocycles. The van der Waals surface area contributed by atoms with Crippen molar-refractivity contribution in [2.24, 2.45) is 0 Å². The van der Waals surface area contributed by atoms with Crippen LogP contribution < -0.4 is 5.49 Å². The van der Waals surface area contributed by atoms with Crippen molar-refractivity contribution in [3.8, 4) is 0 Å². The molecule has 5 heteroatoms. The topological polar surface area (TPSA) is 59.5 Å². The molecule has 2 aromatic heterocycles. The SMILES string of the molecule is CC(C)n1cnc2c(ncn2C(C)C)c1=N. The molecule has 2 heterocycles. The summed E-state index contributed by atoms with van der Waals surface area (Å²) < 4.78 is 3.80. The van der Waals surface area contributed by atoms with Crippen molar-refractivity contribution in [1.82, 2.24) is 19.1 Å². The Bertz CT molecular complexity index is 561. The maximum Gasteiger partial charge on any atom is 0.165 e. The van der Waals surface area contributed by atoms with Crippen LogP contribution >= 0.6 is 0 Å². The lowest BCUT2D eigenvalue weighted by atomic mass is 10.3. The molecular formula is C11H17N5. The first-order chi connectivity index (χ1) is 7.52. The Hall–Kier alpha value is -1.65. The third-order valence-corrected chi connectivity index (χ3v) is 2.67. The quantitative estimate of drug-likeness (QED) is 0.838. The molecule has 1 N–H and O–H groups in total. The van der Waals surface area contributed by atoms with Crippen LogP contribution in [-0.2, 0) is 0 Å². The van der Waals surface area contributed by atoms with E-state index in [0.29, 0.717) is 17.0 Å². The van der Waals surface area contributed by atoms with Gasteiger partial charge < -0.3 is 9.13 Å². The summed E-state index contributed by atoms with van der Waals surface area (Å²) >= 11 is 0. The average molecular weight is 219 g/mol. The van der Waals surface area contributed by atoms with Crippen molar-refractivity contribution in [2.45, 2.75) is 39.8 Å². The van der Waals surface area contributed by atoms with Crippen LogP contribution in [0.5, 0.6) is 0 Å². The molecule has 0 bridgehead atoms. The fraction of sp³-hybridized carbons (Fsp3) is 0.545. The molecule has 0 unspecified atom stereocenters. The predicted octanol–water partition coefficient (Wildman–Crippen LogP) is 1.87. The molecule has 2 aromatic rings. The molecule has 5 nitrogen and oxygen atoms in total. The van der Waals surface area contributed by atoms with Crippen LogP contribution in [0.2, 0.25) is 0 Å². The molecule has 0 aliphatic carbocycles. The van der Waals surface area contributed by atoms with Gasteiger partial charge in [-0.15, -0.1) is 0 Å². The summed E-state index contributed by atoms with van der Waals surface area (Å²) in [5.74, 6) is 0. The second-order valence-corrected chi connectivity index (χ2v) is 4.51. The normalized spacial score (nSPS) is 11.9. The van der Waals surface area contributed by atoms with Gasteiger partial charge >= 0.3 is 0 Å². The van der Waals surface area contributed by atoms with Gasteiger partial charge in [-0.2, -0.15) is 0 Å². The summed E-state index contributed by atoms with van der Waals surface area (Å²) in [5, 5.41) is 8.07. The average Bonchev–Trinajstić information content (AvgIpc) is 2.61. The van der Waals surface area contributed by atoms with Gasteiger partial charge in [0.1, 0.15) is 5.52 Å². The van der Waals surface area contributed by atoms with Gasteiger partial charge in [0.15, 0.2) is 11.1 Å². The number of fused-ring (bicyclic) bond motifs is 1. The highest BCUT2D eigenvalue weighted by Crippen LogP contribution is 2.12. The van der Waals surface area contributed by atoms with E-state index in [1.807, 2.05) is 23.0 Å². The van der Waals surface area contributed by atoms with Crippen molar-refractivity contribution in [3.63, 3.8) is 0 Å². The highest BCUT2D eigenvalue weighted by molar-refractivity contribution is 5.68. The number of hydrogen-bond acceptors (Lipinski definition) is 3. The Kier molecular flexibility index (Phi) is 2.53. The third kappa shape index (κ3) is 1.52. The highest BCUT2D eigenvalue weighted by atomic mass is 15.2. The number of rotatable bonds is 2. The van der Waals surface area contributed by atoms with Gasteiger partial charge in [0.05, 0.1) is 12.7 Å². The van der Waals surface area contributed by atoms with Gasteiger partial charge in [0.2, 0.25) is 0 Å². The van der Waals surface area contributed by atoms with E-state index in [2.05, 4.69) is 23.8 Å². The van der Waals surface area contributed by atoms with Crippen molar-refractivity contribution < 1.29 is 0 Å². The van der Waals surface area contributed by atoms with Crippen LogP contribution in [0.3, 0.4) is 0 Å². The van der Waals surface area contributed by atoms with E-state index in [-0.39, 0.29) is 6.04 Å². The van der Waals surface area contributed by atoms with E-state index < -0.39 is 0 Å². The highest BCUT2D eigenvalue weighted by Gasteiger charge is 2.10. The minimum Gasteiger partial charge on any atom is -0.313 e. The summed E-state index contributed by atoms with van der Waals surface area (Å²) in [7, 11) is 0.